The maximum atomic E-state index is 11.0. The summed E-state index contributed by atoms with van der Waals surface area (Å²) < 4.78 is 9.79. The van der Waals surface area contributed by atoms with Crippen molar-refractivity contribution in [2.24, 2.45) is 0 Å². The van der Waals surface area contributed by atoms with Gasteiger partial charge in [-0.05, 0) is 38.1 Å². The molecule has 0 radical (unpaired) electrons. The smallest absolute Gasteiger partial charge is 0.287 e. The number of halogens is 1. The Morgan fingerprint density at radius 1 is 1.00 bits per heavy atom. The molecule has 0 atom stereocenters. The fraction of sp³-hybridized carbons (Fsp3) is 0.125. The van der Waals surface area contributed by atoms with Gasteiger partial charge in [-0.3, -0.25) is 4.79 Å². The predicted octanol–water partition coefficient (Wildman–Crippen LogP) is 4.22. The first-order valence-electron chi connectivity index (χ1n) is 6.64. The molecule has 0 aliphatic carbocycles. The van der Waals surface area contributed by atoms with Gasteiger partial charge in [0, 0.05) is 0 Å². The molecule has 0 amide bonds. The lowest BCUT2D eigenvalue weighted by Gasteiger charge is -1.88. The fourth-order valence-electron chi connectivity index (χ4n) is 2.09. The first kappa shape index (κ1) is 14.4. The number of H-pyrrole nitrogens is 1. The molecule has 0 bridgehead atoms. The second kappa shape index (κ2) is 5.69. The number of hydrogen-bond donors (Lipinski definition) is 1. The van der Waals surface area contributed by atoms with E-state index in [1.54, 1.807) is 12.1 Å². The van der Waals surface area contributed by atoms with Gasteiger partial charge in [-0.2, -0.15) is 5.16 Å². The van der Waals surface area contributed by atoms with Crippen LogP contribution in [0.5, 0.6) is 0 Å². The monoisotopic (exact) mass is 316 g/mol. The molecule has 1 N–H and O–H groups in total. The lowest BCUT2D eigenvalue weighted by Crippen LogP contribution is -1.96. The van der Waals surface area contributed by atoms with Crippen molar-refractivity contribution in [1.82, 2.24) is 10.3 Å². The SMILES string of the molecule is Cc1ccc2o[nH]c(=O)c2c1.Cc1ccc2onc(Cl)c2c1. The van der Waals surface area contributed by atoms with Crippen LogP contribution in [0.15, 0.2) is 50.2 Å². The third kappa shape index (κ3) is 2.76. The molecule has 0 spiro atoms. The van der Waals surface area contributed by atoms with Crippen LogP contribution in [0.3, 0.4) is 0 Å². The first-order chi connectivity index (χ1) is 10.5. The lowest BCUT2D eigenvalue weighted by molar-refractivity contribution is 0.449. The molecule has 0 fully saturated rings. The third-order valence-corrected chi connectivity index (χ3v) is 3.49. The van der Waals surface area contributed by atoms with Crippen molar-refractivity contribution in [3.05, 3.63) is 63.0 Å². The highest BCUT2D eigenvalue weighted by Crippen LogP contribution is 2.22. The van der Waals surface area contributed by atoms with Gasteiger partial charge in [0.2, 0.25) is 0 Å². The van der Waals surface area contributed by atoms with Gasteiger partial charge in [-0.25, -0.2) is 0 Å². The average molecular weight is 317 g/mol. The van der Waals surface area contributed by atoms with Gasteiger partial charge in [-0.15, -0.1) is 0 Å². The molecule has 5 nitrogen and oxygen atoms in total. The maximum Gasteiger partial charge on any atom is 0.287 e. The van der Waals surface area contributed by atoms with E-state index in [2.05, 4.69) is 10.3 Å². The Morgan fingerprint density at radius 2 is 1.64 bits per heavy atom. The predicted molar refractivity (Wildman–Crippen MR) is 85.3 cm³/mol. The molecule has 0 aliphatic heterocycles. The summed E-state index contributed by atoms with van der Waals surface area (Å²) in [5.74, 6) is 0. The first-order valence-corrected chi connectivity index (χ1v) is 7.02. The Kier molecular flexibility index (Phi) is 3.73. The van der Waals surface area contributed by atoms with E-state index in [4.69, 9.17) is 20.6 Å². The quantitative estimate of drug-likeness (QED) is 0.527. The van der Waals surface area contributed by atoms with Gasteiger partial charge in [-0.1, -0.05) is 40.0 Å². The maximum absolute atomic E-state index is 11.0. The zero-order valence-electron chi connectivity index (χ0n) is 12.0. The van der Waals surface area contributed by atoms with Crippen LogP contribution >= 0.6 is 11.6 Å². The number of aryl methyl sites for hydroxylation is 2. The van der Waals surface area contributed by atoms with Crippen molar-refractivity contribution in [2.75, 3.05) is 0 Å². The summed E-state index contributed by atoms with van der Waals surface area (Å²) in [5.41, 5.74) is 3.40. The van der Waals surface area contributed by atoms with E-state index < -0.39 is 0 Å². The Balaban J connectivity index is 0.000000131. The van der Waals surface area contributed by atoms with E-state index >= 15 is 0 Å². The molecule has 2 aromatic heterocycles. The van der Waals surface area contributed by atoms with Crippen LogP contribution in [0.25, 0.3) is 21.9 Å². The minimum absolute atomic E-state index is 0.163. The second-order valence-electron chi connectivity index (χ2n) is 5.01. The summed E-state index contributed by atoms with van der Waals surface area (Å²) >= 11 is 5.74. The number of rotatable bonds is 0. The van der Waals surface area contributed by atoms with Crippen molar-refractivity contribution >= 4 is 33.5 Å². The van der Waals surface area contributed by atoms with Crippen LogP contribution in [0.4, 0.5) is 0 Å². The Hall–Kier alpha value is -2.53. The highest BCUT2D eigenvalue weighted by molar-refractivity contribution is 6.34. The molecule has 4 rings (SSSR count). The number of fused-ring (bicyclic) bond motifs is 2. The molecule has 22 heavy (non-hydrogen) atoms. The van der Waals surface area contributed by atoms with Crippen LogP contribution in [0.1, 0.15) is 11.1 Å². The number of aromatic nitrogens is 2. The molecule has 0 saturated heterocycles. The lowest BCUT2D eigenvalue weighted by atomic mass is 10.2. The largest absolute Gasteiger partial charge is 0.378 e. The molecule has 0 saturated carbocycles. The second-order valence-corrected chi connectivity index (χ2v) is 5.36. The summed E-state index contributed by atoms with van der Waals surface area (Å²) in [4.78, 5) is 11.0. The van der Waals surface area contributed by atoms with Crippen molar-refractivity contribution in [1.29, 1.82) is 0 Å². The van der Waals surface area contributed by atoms with E-state index in [9.17, 15) is 4.79 Å². The Bertz CT molecular complexity index is 997. The summed E-state index contributed by atoms with van der Waals surface area (Å²) in [7, 11) is 0. The van der Waals surface area contributed by atoms with Crippen LogP contribution < -0.4 is 5.56 Å². The van der Waals surface area contributed by atoms with Gasteiger partial charge in [0.05, 0.1) is 10.8 Å². The zero-order valence-corrected chi connectivity index (χ0v) is 12.8. The van der Waals surface area contributed by atoms with E-state index in [0.717, 1.165) is 22.1 Å². The van der Waals surface area contributed by atoms with Crippen LogP contribution in [0, 0.1) is 13.8 Å². The minimum Gasteiger partial charge on any atom is -0.378 e. The van der Waals surface area contributed by atoms with Crippen LogP contribution in [-0.2, 0) is 0 Å². The number of aromatic amines is 1. The number of benzene rings is 2. The van der Waals surface area contributed by atoms with Crippen molar-refractivity contribution in [2.45, 2.75) is 13.8 Å². The normalized spacial score (nSPS) is 10.7. The van der Waals surface area contributed by atoms with Gasteiger partial charge in [0.1, 0.15) is 0 Å². The molecular formula is C16H13ClN2O3. The third-order valence-electron chi connectivity index (χ3n) is 3.21. The zero-order chi connectivity index (χ0) is 15.7. The summed E-state index contributed by atoms with van der Waals surface area (Å²) in [5, 5.41) is 7.83. The van der Waals surface area contributed by atoms with Gasteiger partial charge in [0.15, 0.2) is 16.3 Å². The molecule has 2 aromatic carbocycles. The molecule has 6 heteroatoms. The van der Waals surface area contributed by atoms with Crippen molar-refractivity contribution < 1.29 is 9.05 Å². The summed E-state index contributed by atoms with van der Waals surface area (Å²) in [6.07, 6.45) is 0. The van der Waals surface area contributed by atoms with Gasteiger partial charge in [0.25, 0.3) is 5.56 Å². The van der Waals surface area contributed by atoms with Crippen LogP contribution in [0.2, 0.25) is 5.15 Å². The minimum atomic E-state index is -0.163. The fourth-order valence-corrected chi connectivity index (χ4v) is 2.27. The van der Waals surface area contributed by atoms with Crippen LogP contribution in [-0.4, -0.2) is 10.3 Å². The number of hydrogen-bond acceptors (Lipinski definition) is 4. The van der Waals surface area contributed by atoms with Gasteiger partial charge >= 0.3 is 0 Å². The molecule has 4 aromatic rings. The van der Waals surface area contributed by atoms with Gasteiger partial charge < -0.3 is 9.05 Å². The molecule has 0 aliphatic rings. The standard InChI is InChI=1S/C8H6ClNO.C8H7NO2/c1-5-2-3-7-6(4-5)8(9)10-11-7;1-5-2-3-7-6(4-5)8(10)9-11-7/h2-4H,1H3;2-4H,1H3,(H,9,10). The molecule has 2 heterocycles. The highest BCUT2D eigenvalue weighted by Gasteiger charge is 2.04. The Morgan fingerprint density at radius 3 is 2.36 bits per heavy atom. The number of nitrogens with zero attached hydrogens (tertiary/aromatic N) is 1. The topological polar surface area (TPSA) is 72.0 Å². The van der Waals surface area contributed by atoms with E-state index in [1.165, 1.54) is 0 Å². The molecule has 0 unspecified atom stereocenters. The number of nitrogens with one attached hydrogen (secondary N) is 1. The average Bonchev–Trinajstić information content (AvgIpc) is 3.04. The molecular weight excluding hydrogens is 304 g/mol. The van der Waals surface area contributed by atoms with Crippen molar-refractivity contribution in [3.63, 3.8) is 0 Å². The Labute approximate surface area is 130 Å². The van der Waals surface area contributed by atoms with E-state index in [0.29, 0.717) is 16.1 Å². The summed E-state index contributed by atoms with van der Waals surface area (Å²) in [6, 6.07) is 11.3. The van der Waals surface area contributed by atoms with E-state index in [-0.39, 0.29) is 5.56 Å². The van der Waals surface area contributed by atoms with E-state index in [1.807, 2.05) is 38.1 Å². The molecule has 112 valence electrons. The highest BCUT2D eigenvalue weighted by atomic mass is 35.5. The van der Waals surface area contributed by atoms with Crippen molar-refractivity contribution in [3.8, 4) is 0 Å². The summed E-state index contributed by atoms with van der Waals surface area (Å²) in [6.45, 7) is 3.94.